The molecule has 0 aliphatic carbocycles. The van der Waals surface area contributed by atoms with Gasteiger partial charge in [-0.25, -0.2) is 8.42 Å². The molecule has 0 saturated heterocycles. The maximum atomic E-state index is 13.6. The summed E-state index contributed by atoms with van der Waals surface area (Å²) >= 11 is 0. The predicted octanol–water partition coefficient (Wildman–Crippen LogP) is 3.62. The first kappa shape index (κ1) is 29.2. The fraction of sp³-hybridized carbons (Fsp3) is 0.481. The van der Waals surface area contributed by atoms with E-state index in [4.69, 9.17) is 4.74 Å². The third-order valence-corrected chi connectivity index (χ3v) is 7.13. The Morgan fingerprint density at radius 3 is 2.14 bits per heavy atom. The molecule has 198 valence electrons. The van der Waals surface area contributed by atoms with Gasteiger partial charge in [0.2, 0.25) is 21.8 Å². The van der Waals surface area contributed by atoms with E-state index >= 15 is 0 Å². The summed E-state index contributed by atoms with van der Waals surface area (Å²) in [4.78, 5) is 28.3. The molecule has 2 aromatic carbocycles. The van der Waals surface area contributed by atoms with Crippen molar-refractivity contribution in [1.82, 2.24) is 10.2 Å². The minimum Gasteiger partial charge on any atom is -0.494 e. The monoisotopic (exact) mass is 517 g/mol. The number of rotatable bonds is 14. The quantitative estimate of drug-likeness (QED) is 0.413. The van der Waals surface area contributed by atoms with Crippen LogP contribution in [0, 0.1) is 0 Å². The van der Waals surface area contributed by atoms with Crippen LogP contribution in [0.5, 0.6) is 5.75 Å². The summed E-state index contributed by atoms with van der Waals surface area (Å²) in [5, 5.41) is 2.97. The van der Waals surface area contributed by atoms with E-state index in [2.05, 4.69) is 5.32 Å². The Labute approximate surface area is 215 Å². The van der Waals surface area contributed by atoms with Crippen molar-refractivity contribution in [2.24, 2.45) is 0 Å². The van der Waals surface area contributed by atoms with Gasteiger partial charge in [-0.05, 0) is 62.9 Å². The van der Waals surface area contributed by atoms with Gasteiger partial charge in [0.25, 0.3) is 0 Å². The number of sulfonamides is 1. The van der Waals surface area contributed by atoms with Crippen molar-refractivity contribution in [3.8, 4) is 5.75 Å². The lowest BCUT2D eigenvalue weighted by Gasteiger charge is -2.33. The van der Waals surface area contributed by atoms with Crippen molar-refractivity contribution in [2.45, 2.75) is 59.0 Å². The third kappa shape index (κ3) is 8.55. The fourth-order valence-electron chi connectivity index (χ4n) is 3.83. The maximum absolute atomic E-state index is 13.6. The van der Waals surface area contributed by atoms with Crippen LogP contribution in [-0.2, 0) is 26.0 Å². The molecule has 2 atom stereocenters. The van der Waals surface area contributed by atoms with Gasteiger partial charge in [-0.1, -0.05) is 44.2 Å². The van der Waals surface area contributed by atoms with E-state index in [1.54, 1.807) is 24.3 Å². The van der Waals surface area contributed by atoms with Crippen LogP contribution in [0.25, 0.3) is 0 Å². The highest BCUT2D eigenvalue weighted by Crippen LogP contribution is 2.22. The van der Waals surface area contributed by atoms with E-state index in [0.29, 0.717) is 30.9 Å². The number of nitrogens with one attached hydrogen (secondary N) is 1. The molecule has 0 aromatic heterocycles. The second-order valence-corrected chi connectivity index (χ2v) is 10.7. The van der Waals surface area contributed by atoms with Crippen LogP contribution in [0.2, 0.25) is 0 Å². The van der Waals surface area contributed by atoms with Crippen molar-refractivity contribution >= 4 is 27.5 Å². The highest BCUT2D eigenvalue weighted by molar-refractivity contribution is 7.92. The molecular formula is C27H39N3O5S. The van der Waals surface area contributed by atoms with E-state index < -0.39 is 28.5 Å². The fourth-order valence-corrected chi connectivity index (χ4v) is 4.68. The minimum absolute atomic E-state index is 0.0333. The summed E-state index contributed by atoms with van der Waals surface area (Å²) in [6.45, 7) is 7.97. The van der Waals surface area contributed by atoms with Gasteiger partial charge in [-0.15, -0.1) is 0 Å². The van der Waals surface area contributed by atoms with E-state index in [0.717, 1.165) is 22.5 Å². The Balaban J connectivity index is 2.34. The van der Waals surface area contributed by atoms with Crippen molar-refractivity contribution in [3.63, 3.8) is 0 Å². The normalized spacial score (nSPS) is 12.9. The smallest absolute Gasteiger partial charge is 0.244 e. The Morgan fingerprint density at radius 1 is 0.972 bits per heavy atom. The summed E-state index contributed by atoms with van der Waals surface area (Å²) in [5.74, 6) is -0.0603. The molecule has 8 nitrogen and oxygen atoms in total. The summed E-state index contributed by atoms with van der Waals surface area (Å²) in [6.07, 6.45) is 2.78. The number of amides is 2. The molecule has 2 rings (SSSR count). The van der Waals surface area contributed by atoms with Crippen LogP contribution in [0.15, 0.2) is 54.6 Å². The van der Waals surface area contributed by atoms with E-state index in [9.17, 15) is 18.0 Å². The molecule has 0 heterocycles. The molecule has 0 spiro atoms. The highest BCUT2D eigenvalue weighted by atomic mass is 32.2. The third-order valence-electron chi connectivity index (χ3n) is 5.99. The van der Waals surface area contributed by atoms with E-state index in [1.165, 1.54) is 4.90 Å². The Morgan fingerprint density at radius 2 is 1.61 bits per heavy atom. The number of carbonyl (C=O) groups is 2. The van der Waals surface area contributed by atoms with Gasteiger partial charge in [0.05, 0.1) is 18.6 Å². The van der Waals surface area contributed by atoms with Gasteiger partial charge >= 0.3 is 0 Å². The average Bonchev–Trinajstić information content (AvgIpc) is 2.85. The number of benzene rings is 2. The lowest BCUT2D eigenvalue weighted by atomic mass is 10.1. The maximum Gasteiger partial charge on any atom is 0.244 e. The standard InChI is InChI=1S/C27H39N3O5S/c1-6-21(4)28-27(32)25(7-2)29(19-18-22-12-10-9-11-13-22)26(31)20-30(36(5,33)34)23-14-16-24(17-15-23)35-8-3/h9-17,21,25H,6-8,18-20H2,1-5H3,(H,28,32). The largest absolute Gasteiger partial charge is 0.494 e. The molecular weight excluding hydrogens is 478 g/mol. The van der Waals surface area contributed by atoms with Crippen LogP contribution >= 0.6 is 0 Å². The van der Waals surface area contributed by atoms with Crippen molar-refractivity contribution < 1.29 is 22.7 Å². The van der Waals surface area contributed by atoms with Gasteiger partial charge in [-0.3, -0.25) is 13.9 Å². The first-order chi connectivity index (χ1) is 17.1. The number of hydrogen-bond donors (Lipinski definition) is 1. The van der Waals surface area contributed by atoms with Crippen LogP contribution in [0.4, 0.5) is 5.69 Å². The Hall–Kier alpha value is -3.07. The highest BCUT2D eigenvalue weighted by Gasteiger charge is 2.31. The molecule has 9 heteroatoms. The SMILES string of the molecule is CCOc1ccc(N(CC(=O)N(CCc2ccccc2)C(CC)C(=O)NC(C)CC)S(C)(=O)=O)cc1. The average molecular weight is 518 g/mol. The van der Waals surface area contributed by atoms with Gasteiger partial charge in [0, 0.05) is 12.6 Å². The van der Waals surface area contributed by atoms with Crippen LogP contribution in [-0.4, -0.2) is 63.2 Å². The van der Waals surface area contributed by atoms with Gasteiger partial charge in [-0.2, -0.15) is 0 Å². The zero-order chi connectivity index (χ0) is 26.7. The minimum atomic E-state index is -3.77. The first-order valence-electron chi connectivity index (χ1n) is 12.4. The molecule has 0 radical (unpaired) electrons. The van der Waals surface area contributed by atoms with Crippen LogP contribution in [0.1, 0.15) is 46.1 Å². The molecule has 36 heavy (non-hydrogen) atoms. The molecule has 0 saturated carbocycles. The van der Waals surface area contributed by atoms with E-state index in [-0.39, 0.29) is 18.5 Å². The molecule has 1 N–H and O–H groups in total. The number of anilines is 1. The Bertz CT molecular complexity index is 1070. The zero-order valence-corrected chi connectivity index (χ0v) is 22.8. The van der Waals surface area contributed by atoms with Crippen LogP contribution in [0.3, 0.4) is 0 Å². The number of ether oxygens (including phenoxy) is 1. The topological polar surface area (TPSA) is 96.0 Å². The number of hydrogen-bond acceptors (Lipinski definition) is 5. The number of nitrogens with zero attached hydrogens (tertiary/aromatic N) is 2. The predicted molar refractivity (Wildman–Crippen MR) is 144 cm³/mol. The summed E-state index contributed by atoms with van der Waals surface area (Å²) in [6, 6.07) is 15.5. The van der Waals surface area contributed by atoms with Crippen molar-refractivity contribution in [1.29, 1.82) is 0 Å². The lowest BCUT2D eigenvalue weighted by Crippen LogP contribution is -2.54. The molecule has 0 aliphatic heterocycles. The lowest BCUT2D eigenvalue weighted by molar-refractivity contribution is -0.139. The second-order valence-electron chi connectivity index (χ2n) is 8.76. The summed E-state index contributed by atoms with van der Waals surface area (Å²) in [5.41, 5.74) is 1.38. The molecule has 0 aliphatic rings. The molecule has 0 fully saturated rings. The van der Waals surface area contributed by atoms with Gasteiger partial charge < -0.3 is 15.0 Å². The molecule has 2 amide bonds. The van der Waals surface area contributed by atoms with Crippen LogP contribution < -0.4 is 14.4 Å². The van der Waals surface area contributed by atoms with Gasteiger partial charge in [0.1, 0.15) is 18.3 Å². The second kappa shape index (κ2) is 13.9. The number of carbonyl (C=O) groups excluding carboxylic acids is 2. The zero-order valence-electron chi connectivity index (χ0n) is 21.9. The van der Waals surface area contributed by atoms with Crippen molar-refractivity contribution in [2.75, 3.05) is 30.3 Å². The molecule has 2 aromatic rings. The van der Waals surface area contributed by atoms with E-state index in [1.807, 2.05) is 58.0 Å². The molecule has 0 bridgehead atoms. The van der Waals surface area contributed by atoms with Crippen molar-refractivity contribution in [3.05, 3.63) is 60.2 Å². The molecule has 2 unspecified atom stereocenters. The van der Waals surface area contributed by atoms with Gasteiger partial charge in [0.15, 0.2) is 0 Å². The summed E-state index contributed by atoms with van der Waals surface area (Å²) in [7, 11) is -3.77. The Kier molecular flexibility index (Phi) is 11.2. The first-order valence-corrected chi connectivity index (χ1v) is 14.3. The summed E-state index contributed by atoms with van der Waals surface area (Å²) < 4.78 is 31.9.